The number of piperazine rings is 1. The maximum absolute atomic E-state index is 12.5. The molecular weight excluding hydrogens is 350 g/mol. The van der Waals surface area contributed by atoms with Gasteiger partial charge in [-0.1, -0.05) is 6.92 Å². The highest BCUT2D eigenvalue weighted by Crippen LogP contribution is 2.24. The molecule has 0 spiro atoms. The van der Waals surface area contributed by atoms with Gasteiger partial charge in [-0.05, 0) is 63.1 Å². The van der Waals surface area contributed by atoms with Crippen molar-refractivity contribution in [1.29, 1.82) is 0 Å². The first-order valence-electron chi connectivity index (χ1n) is 10.3. The Bertz CT molecular complexity index is 834. The van der Waals surface area contributed by atoms with Gasteiger partial charge in [0.15, 0.2) is 0 Å². The van der Waals surface area contributed by atoms with Gasteiger partial charge in [-0.3, -0.25) is 9.48 Å². The monoisotopic (exact) mass is 383 g/mol. The van der Waals surface area contributed by atoms with Gasteiger partial charge in [-0.25, -0.2) is 0 Å². The molecule has 0 aliphatic carbocycles. The van der Waals surface area contributed by atoms with E-state index in [0.717, 1.165) is 61.8 Å². The number of likely N-dealkylation sites (N-methyl/N-ethyl adjacent to an activating group) is 1. The van der Waals surface area contributed by atoms with Crippen LogP contribution in [0.2, 0.25) is 0 Å². The quantitative estimate of drug-likeness (QED) is 0.833. The van der Waals surface area contributed by atoms with Gasteiger partial charge in [0, 0.05) is 56.7 Å². The summed E-state index contributed by atoms with van der Waals surface area (Å²) in [5.74, 6) is 0.0510. The van der Waals surface area contributed by atoms with E-state index in [4.69, 9.17) is 0 Å². The van der Waals surface area contributed by atoms with Crippen LogP contribution in [-0.2, 0) is 18.3 Å². The molecule has 6 heteroatoms. The zero-order valence-electron chi connectivity index (χ0n) is 17.9. The molecule has 1 fully saturated rings. The highest BCUT2D eigenvalue weighted by molar-refractivity contribution is 5.92. The average Bonchev–Trinajstić information content (AvgIpc) is 2.93. The largest absolute Gasteiger partial charge is 0.369 e. The molecule has 1 saturated heterocycles. The predicted octanol–water partition coefficient (Wildman–Crippen LogP) is 3.06. The molecule has 1 aromatic carbocycles. The van der Waals surface area contributed by atoms with Crippen LogP contribution >= 0.6 is 0 Å². The summed E-state index contributed by atoms with van der Waals surface area (Å²) in [5, 5.41) is 7.51. The van der Waals surface area contributed by atoms with Crippen LogP contribution in [0.3, 0.4) is 0 Å². The molecule has 6 nitrogen and oxygen atoms in total. The lowest BCUT2D eigenvalue weighted by Gasteiger charge is -2.35. The van der Waals surface area contributed by atoms with E-state index >= 15 is 0 Å². The Morgan fingerprint density at radius 1 is 1.14 bits per heavy atom. The molecule has 1 N–H and O–H groups in total. The molecule has 0 bridgehead atoms. The Balaban J connectivity index is 1.57. The summed E-state index contributed by atoms with van der Waals surface area (Å²) in [5.41, 5.74) is 6.58. The maximum atomic E-state index is 12.5. The van der Waals surface area contributed by atoms with E-state index in [2.05, 4.69) is 53.1 Å². The van der Waals surface area contributed by atoms with Gasteiger partial charge in [0.2, 0.25) is 5.91 Å². The molecule has 152 valence electrons. The first-order valence-corrected chi connectivity index (χ1v) is 10.3. The van der Waals surface area contributed by atoms with Crippen LogP contribution in [-0.4, -0.2) is 53.3 Å². The third kappa shape index (κ3) is 4.55. The molecule has 2 heterocycles. The Labute approximate surface area is 168 Å². The highest BCUT2D eigenvalue weighted by atomic mass is 16.1. The molecule has 3 rings (SSSR count). The standard InChI is InChI=1S/C22H33N5O/c1-6-26-11-13-27(14-12-26)19-7-9-21(16(2)15-19)23-22(28)10-8-20-17(3)24-25(5)18(20)4/h7,9,15H,6,8,10-14H2,1-5H3,(H,23,28). The van der Waals surface area contributed by atoms with Gasteiger partial charge >= 0.3 is 0 Å². The zero-order chi connectivity index (χ0) is 20.3. The lowest BCUT2D eigenvalue weighted by molar-refractivity contribution is -0.116. The van der Waals surface area contributed by atoms with Crippen LogP contribution < -0.4 is 10.2 Å². The van der Waals surface area contributed by atoms with E-state index in [0.29, 0.717) is 6.42 Å². The predicted molar refractivity (Wildman–Crippen MR) is 115 cm³/mol. The molecule has 0 saturated carbocycles. The zero-order valence-corrected chi connectivity index (χ0v) is 17.9. The van der Waals surface area contributed by atoms with Gasteiger partial charge < -0.3 is 15.1 Å². The number of hydrogen-bond acceptors (Lipinski definition) is 4. The smallest absolute Gasteiger partial charge is 0.224 e. The Morgan fingerprint density at radius 3 is 2.43 bits per heavy atom. The summed E-state index contributed by atoms with van der Waals surface area (Å²) in [4.78, 5) is 17.4. The fourth-order valence-corrected chi connectivity index (χ4v) is 3.94. The maximum Gasteiger partial charge on any atom is 0.224 e. The summed E-state index contributed by atoms with van der Waals surface area (Å²) in [6.45, 7) is 13.8. The van der Waals surface area contributed by atoms with E-state index in [1.165, 1.54) is 11.3 Å². The summed E-state index contributed by atoms with van der Waals surface area (Å²) < 4.78 is 1.88. The number of benzene rings is 1. The molecule has 0 unspecified atom stereocenters. The van der Waals surface area contributed by atoms with E-state index in [-0.39, 0.29) is 5.91 Å². The molecule has 1 aromatic heterocycles. The Hall–Kier alpha value is -2.34. The van der Waals surface area contributed by atoms with Crippen molar-refractivity contribution in [3.05, 3.63) is 40.7 Å². The fourth-order valence-electron chi connectivity index (χ4n) is 3.94. The van der Waals surface area contributed by atoms with Crippen LogP contribution in [0.5, 0.6) is 0 Å². The fraction of sp³-hybridized carbons (Fsp3) is 0.545. The van der Waals surface area contributed by atoms with Gasteiger partial charge in [0.1, 0.15) is 0 Å². The number of hydrogen-bond donors (Lipinski definition) is 1. The van der Waals surface area contributed by atoms with E-state index in [1.54, 1.807) is 0 Å². The summed E-state index contributed by atoms with van der Waals surface area (Å²) in [6, 6.07) is 6.35. The van der Waals surface area contributed by atoms with Crippen molar-refractivity contribution in [1.82, 2.24) is 14.7 Å². The SMILES string of the molecule is CCN1CCN(c2ccc(NC(=O)CCc3c(C)nn(C)c3C)c(C)c2)CC1. The second-order valence-corrected chi connectivity index (χ2v) is 7.74. The molecule has 28 heavy (non-hydrogen) atoms. The Morgan fingerprint density at radius 2 is 1.86 bits per heavy atom. The van der Waals surface area contributed by atoms with Crippen molar-refractivity contribution in [2.24, 2.45) is 7.05 Å². The minimum Gasteiger partial charge on any atom is -0.369 e. The number of aryl methyl sites for hydroxylation is 3. The third-order valence-electron chi connectivity index (χ3n) is 5.93. The van der Waals surface area contributed by atoms with Crippen LogP contribution in [0.4, 0.5) is 11.4 Å². The number of rotatable bonds is 6. The molecule has 2 aromatic rings. The van der Waals surface area contributed by atoms with Crippen LogP contribution in [0.1, 0.15) is 35.9 Å². The normalized spacial score (nSPS) is 15.1. The van der Waals surface area contributed by atoms with Crippen LogP contribution in [0.15, 0.2) is 18.2 Å². The summed E-state index contributed by atoms with van der Waals surface area (Å²) in [6.07, 6.45) is 1.18. The average molecular weight is 384 g/mol. The number of carbonyl (C=O) groups excluding carboxylic acids is 1. The Kier molecular flexibility index (Phi) is 6.39. The first kappa shape index (κ1) is 20.4. The van der Waals surface area contributed by atoms with Gasteiger partial charge in [0.05, 0.1) is 5.69 Å². The van der Waals surface area contributed by atoms with Gasteiger partial charge in [0.25, 0.3) is 0 Å². The third-order valence-corrected chi connectivity index (χ3v) is 5.93. The molecular formula is C22H33N5O. The van der Waals surface area contributed by atoms with Crippen molar-refractivity contribution in [2.75, 3.05) is 42.9 Å². The number of aromatic nitrogens is 2. The van der Waals surface area contributed by atoms with E-state index in [1.807, 2.05) is 24.7 Å². The lowest BCUT2D eigenvalue weighted by Crippen LogP contribution is -2.46. The number of nitrogens with zero attached hydrogens (tertiary/aromatic N) is 4. The minimum atomic E-state index is 0.0510. The van der Waals surface area contributed by atoms with Gasteiger partial charge in [-0.15, -0.1) is 0 Å². The second-order valence-electron chi connectivity index (χ2n) is 7.74. The number of anilines is 2. The molecule has 1 aliphatic rings. The lowest BCUT2D eigenvalue weighted by atomic mass is 10.1. The van der Waals surface area contributed by atoms with E-state index < -0.39 is 0 Å². The van der Waals surface area contributed by atoms with Crippen molar-refractivity contribution in [3.8, 4) is 0 Å². The van der Waals surface area contributed by atoms with Gasteiger partial charge in [-0.2, -0.15) is 5.10 Å². The topological polar surface area (TPSA) is 53.4 Å². The highest BCUT2D eigenvalue weighted by Gasteiger charge is 2.17. The van der Waals surface area contributed by atoms with Crippen LogP contribution in [0.25, 0.3) is 0 Å². The number of amides is 1. The molecule has 1 amide bonds. The molecule has 0 radical (unpaired) electrons. The van der Waals surface area contributed by atoms with Crippen molar-refractivity contribution < 1.29 is 4.79 Å². The van der Waals surface area contributed by atoms with Crippen molar-refractivity contribution in [3.63, 3.8) is 0 Å². The summed E-state index contributed by atoms with van der Waals surface area (Å²) in [7, 11) is 1.94. The molecule has 0 atom stereocenters. The number of nitrogens with one attached hydrogen (secondary N) is 1. The second kappa shape index (κ2) is 8.78. The van der Waals surface area contributed by atoms with Crippen molar-refractivity contribution in [2.45, 2.75) is 40.5 Å². The van der Waals surface area contributed by atoms with Crippen molar-refractivity contribution >= 4 is 17.3 Å². The number of carbonyl (C=O) groups is 1. The van der Waals surface area contributed by atoms with E-state index in [9.17, 15) is 4.79 Å². The van der Waals surface area contributed by atoms with Crippen LogP contribution in [0, 0.1) is 20.8 Å². The summed E-state index contributed by atoms with van der Waals surface area (Å²) >= 11 is 0. The first-order chi connectivity index (χ1) is 13.4. The molecule has 1 aliphatic heterocycles. The minimum absolute atomic E-state index is 0.0510.